The number of anilines is 1. The first-order valence-electron chi connectivity index (χ1n) is 7.49. The summed E-state index contributed by atoms with van der Waals surface area (Å²) in [6.45, 7) is 6.02. The molecule has 1 aromatic heterocycles. The van der Waals surface area contributed by atoms with E-state index in [1.165, 1.54) is 0 Å². The monoisotopic (exact) mass is 319 g/mol. The molecule has 0 spiro atoms. The van der Waals surface area contributed by atoms with Crippen molar-refractivity contribution in [1.82, 2.24) is 10.2 Å². The highest BCUT2D eigenvalue weighted by Gasteiger charge is 2.30. The van der Waals surface area contributed by atoms with Gasteiger partial charge >= 0.3 is 0 Å². The van der Waals surface area contributed by atoms with Gasteiger partial charge in [-0.3, -0.25) is 0 Å². The third kappa shape index (κ3) is 3.39. The van der Waals surface area contributed by atoms with Crippen molar-refractivity contribution in [1.29, 1.82) is 0 Å². The number of aliphatic hydroxyl groups excluding tert-OH is 1. The molecular weight excluding hydrogens is 298 g/mol. The molecule has 0 aliphatic carbocycles. The fraction of sp³-hybridized carbons (Fsp3) is 0.500. The minimum Gasteiger partial charge on any atom is -0.508 e. The molecular formula is C16H21N3O2S. The lowest BCUT2D eigenvalue weighted by atomic mass is 9.87. The first kappa shape index (κ1) is 15.2. The second-order valence-corrected chi connectivity index (χ2v) is 7.63. The van der Waals surface area contributed by atoms with Crippen LogP contribution in [0.4, 0.5) is 5.13 Å². The number of benzene rings is 1. The molecule has 1 aliphatic heterocycles. The third-order valence-electron chi connectivity index (χ3n) is 3.94. The van der Waals surface area contributed by atoms with Gasteiger partial charge in [0.2, 0.25) is 5.13 Å². The summed E-state index contributed by atoms with van der Waals surface area (Å²) in [5, 5.41) is 29.7. The van der Waals surface area contributed by atoms with Crippen molar-refractivity contribution < 1.29 is 10.2 Å². The van der Waals surface area contributed by atoms with Crippen molar-refractivity contribution in [3.05, 3.63) is 24.3 Å². The number of nitrogens with zero attached hydrogens (tertiary/aromatic N) is 3. The highest BCUT2D eigenvalue weighted by molar-refractivity contribution is 7.18. The number of aliphatic hydroxyl groups is 1. The zero-order valence-corrected chi connectivity index (χ0v) is 13.7. The molecule has 5 nitrogen and oxygen atoms in total. The van der Waals surface area contributed by atoms with E-state index in [1.807, 2.05) is 12.1 Å². The summed E-state index contributed by atoms with van der Waals surface area (Å²) in [7, 11) is 0. The van der Waals surface area contributed by atoms with Crippen LogP contribution in [0.2, 0.25) is 0 Å². The molecule has 2 aromatic rings. The second kappa shape index (κ2) is 5.85. The number of aromatic nitrogens is 2. The van der Waals surface area contributed by atoms with Crippen LogP contribution in [0.25, 0.3) is 10.6 Å². The first-order chi connectivity index (χ1) is 10.4. The predicted octanol–water partition coefficient (Wildman–Crippen LogP) is 2.90. The van der Waals surface area contributed by atoms with Crippen LogP contribution in [0.5, 0.6) is 5.75 Å². The lowest BCUT2D eigenvalue weighted by Crippen LogP contribution is -2.32. The molecule has 1 aliphatic rings. The van der Waals surface area contributed by atoms with E-state index in [9.17, 15) is 10.2 Å². The van der Waals surface area contributed by atoms with E-state index in [0.717, 1.165) is 41.6 Å². The van der Waals surface area contributed by atoms with Gasteiger partial charge in [-0.05, 0) is 42.5 Å². The predicted molar refractivity (Wildman–Crippen MR) is 88.2 cm³/mol. The van der Waals surface area contributed by atoms with Crippen LogP contribution in [-0.2, 0) is 0 Å². The van der Waals surface area contributed by atoms with E-state index >= 15 is 0 Å². The minimum absolute atomic E-state index is 0.0558. The molecule has 1 atom stereocenters. The summed E-state index contributed by atoms with van der Waals surface area (Å²) in [6, 6.07) is 7.00. The number of rotatable bonds is 2. The Hall–Kier alpha value is -1.66. The Bertz CT molecular complexity index is 639. The first-order valence-corrected chi connectivity index (χ1v) is 8.30. The average molecular weight is 319 g/mol. The largest absolute Gasteiger partial charge is 0.508 e. The van der Waals surface area contributed by atoms with Crippen LogP contribution in [0, 0.1) is 5.41 Å². The zero-order chi connectivity index (χ0) is 15.7. The number of hydrogen-bond acceptors (Lipinski definition) is 6. The summed E-state index contributed by atoms with van der Waals surface area (Å²) < 4.78 is 0. The summed E-state index contributed by atoms with van der Waals surface area (Å²) in [5.41, 5.74) is 1.01. The maximum absolute atomic E-state index is 10.0. The van der Waals surface area contributed by atoms with Crippen LogP contribution in [-0.4, -0.2) is 39.6 Å². The summed E-state index contributed by atoms with van der Waals surface area (Å²) >= 11 is 1.55. The van der Waals surface area contributed by atoms with E-state index in [-0.39, 0.29) is 17.3 Å². The van der Waals surface area contributed by atoms with Gasteiger partial charge in [0.15, 0.2) is 0 Å². The van der Waals surface area contributed by atoms with E-state index in [4.69, 9.17) is 0 Å². The van der Waals surface area contributed by atoms with Gasteiger partial charge in [0.05, 0.1) is 6.10 Å². The van der Waals surface area contributed by atoms with Crippen molar-refractivity contribution in [3.8, 4) is 16.3 Å². The molecule has 1 unspecified atom stereocenters. The topological polar surface area (TPSA) is 69.5 Å². The van der Waals surface area contributed by atoms with E-state index in [1.54, 1.807) is 23.5 Å². The van der Waals surface area contributed by atoms with Crippen LogP contribution in [0.15, 0.2) is 24.3 Å². The smallest absolute Gasteiger partial charge is 0.208 e. The number of hydrogen-bond donors (Lipinski definition) is 2. The van der Waals surface area contributed by atoms with E-state index < -0.39 is 0 Å². The Kier molecular flexibility index (Phi) is 4.06. The SMILES string of the molecule is CC1(C)CC(O)CCN(c2nnc(-c3ccc(O)cc3)s2)C1. The average Bonchev–Trinajstić information content (AvgIpc) is 2.88. The van der Waals surface area contributed by atoms with Gasteiger partial charge in [-0.25, -0.2) is 0 Å². The quantitative estimate of drug-likeness (QED) is 0.891. The molecule has 2 N–H and O–H groups in total. The molecule has 0 radical (unpaired) electrons. The number of phenols is 1. The maximum Gasteiger partial charge on any atom is 0.208 e. The summed E-state index contributed by atoms with van der Waals surface area (Å²) in [6.07, 6.45) is 1.33. The molecule has 3 rings (SSSR count). The molecule has 118 valence electrons. The minimum atomic E-state index is -0.246. The lowest BCUT2D eigenvalue weighted by molar-refractivity contribution is 0.123. The van der Waals surface area contributed by atoms with Crippen LogP contribution >= 0.6 is 11.3 Å². The van der Waals surface area contributed by atoms with Gasteiger partial charge in [-0.1, -0.05) is 25.2 Å². The van der Waals surface area contributed by atoms with Gasteiger partial charge in [0.1, 0.15) is 10.8 Å². The number of phenolic OH excluding ortho intramolecular Hbond substituents is 1. The van der Waals surface area contributed by atoms with Gasteiger partial charge in [-0.15, -0.1) is 10.2 Å². The molecule has 22 heavy (non-hydrogen) atoms. The second-order valence-electron chi connectivity index (χ2n) is 6.67. The van der Waals surface area contributed by atoms with Crippen LogP contribution in [0.3, 0.4) is 0 Å². The highest BCUT2D eigenvalue weighted by atomic mass is 32.1. The zero-order valence-electron chi connectivity index (χ0n) is 12.9. The fourth-order valence-electron chi connectivity index (χ4n) is 2.93. The Labute approximate surface area is 134 Å². The molecule has 0 amide bonds. The molecule has 2 heterocycles. The Morgan fingerprint density at radius 3 is 2.68 bits per heavy atom. The molecule has 1 aromatic carbocycles. The van der Waals surface area contributed by atoms with Crippen molar-refractivity contribution in [3.63, 3.8) is 0 Å². The van der Waals surface area contributed by atoms with Crippen molar-refractivity contribution >= 4 is 16.5 Å². The van der Waals surface area contributed by atoms with Crippen molar-refractivity contribution in [2.75, 3.05) is 18.0 Å². The Morgan fingerprint density at radius 1 is 1.23 bits per heavy atom. The third-order valence-corrected chi connectivity index (χ3v) is 4.97. The maximum atomic E-state index is 10.0. The van der Waals surface area contributed by atoms with Crippen LogP contribution < -0.4 is 4.90 Å². The highest BCUT2D eigenvalue weighted by Crippen LogP contribution is 2.34. The number of aromatic hydroxyl groups is 1. The Balaban J connectivity index is 1.82. The van der Waals surface area contributed by atoms with Crippen molar-refractivity contribution in [2.45, 2.75) is 32.8 Å². The van der Waals surface area contributed by atoms with E-state index in [2.05, 4.69) is 28.9 Å². The summed E-state index contributed by atoms with van der Waals surface area (Å²) in [4.78, 5) is 2.22. The van der Waals surface area contributed by atoms with E-state index in [0.29, 0.717) is 0 Å². The Morgan fingerprint density at radius 2 is 1.95 bits per heavy atom. The molecule has 0 bridgehead atoms. The van der Waals surface area contributed by atoms with Gasteiger partial charge < -0.3 is 15.1 Å². The summed E-state index contributed by atoms with van der Waals surface area (Å²) in [5.74, 6) is 0.247. The lowest BCUT2D eigenvalue weighted by Gasteiger charge is -2.29. The standard InChI is InChI=1S/C16H21N3O2S/c1-16(2)9-13(21)7-8-19(10-16)15-18-17-14(22-15)11-3-5-12(20)6-4-11/h3-6,13,20-21H,7-10H2,1-2H3. The van der Waals surface area contributed by atoms with Gasteiger partial charge in [0, 0.05) is 18.7 Å². The molecule has 0 saturated carbocycles. The normalized spacial score (nSPS) is 21.6. The van der Waals surface area contributed by atoms with Crippen molar-refractivity contribution in [2.24, 2.45) is 5.41 Å². The molecule has 6 heteroatoms. The van der Waals surface area contributed by atoms with Gasteiger partial charge in [0.25, 0.3) is 0 Å². The molecule has 1 fully saturated rings. The van der Waals surface area contributed by atoms with Gasteiger partial charge in [-0.2, -0.15) is 0 Å². The molecule has 1 saturated heterocycles. The van der Waals surface area contributed by atoms with Crippen LogP contribution in [0.1, 0.15) is 26.7 Å². The fourth-order valence-corrected chi connectivity index (χ4v) is 3.81.